The summed E-state index contributed by atoms with van der Waals surface area (Å²) in [4.78, 5) is 4.67. The number of nitrogens with two attached hydrogens (primary N) is 1. The third kappa shape index (κ3) is 3.05. The molecule has 1 heterocycles. The fourth-order valence-corrected chi connectivity index (χ4v) is 2.26. The van der Waals surface area contributed by atoms with Gasteiger partial charge in [-0.05, 0) is 25.0 Å². The second-order valence-electron chi connectivity index (χ2n) is 4.61. The molecular weight excluding hydrogens is 240 g/mol. The van der Waals surface area contributed by atoms with Gasteiger partial charge in [-0.1, -0.05) is 24.2 Å². The van der Waals surface area contributed by atoms with Gasteiger partial charge in [0.2, 0.25) is 0 Å². The van der Waals surface area contributed by atoms with E-state index in [-0.39, 0.29) is 5.84 Å². The van der Waals surface area contributed by atoms with E-state index in [0.29, 0.717) is 6.42 Å². The Bertz CT molecular complexity index is 574. The van der Waals surface area contributed by atoms with Gasteiger partial charge in [0.25, 0.3) is 0 Å². The van der Waals surface area contributed by atoms with Crippen molar-refractivity contribution in [2.45, 2.75) is 39.2 Å². The first-order valence-corrected chi connectivity index (χ1v) is 6.66. The summed E-state index contributed by atoms with van der Waals surface area (Å²) in [7, 11) is 0. The summed E-state index contributed by atoms with van der Waals surface area (Å²) in [6.45, 7) is 2.99. The van der Waals surface area contributed by atoms with E-state index in [2.05, 4.69) is 27.7 Å². The second kappa shape index (κ2) is 6.22. The summed E-state index contributed by atoms with van der Waals surface area (Å²) >= 11 is 0. The molecule has 0 spiro atoms. The van der Waals surface area contributed by atoms with Crippen LogP contribution in [-0.2, 0) is 13.0 Å². The molecule has 0 radical (unpaired) electrons. The number of imidazole rings is 1. The first-order chi connectivity index (χ1) is 9.26. The SMILES string of the molecule is CCCc1nc2ccccc2n1CCC/C(N)=N/O. The van der Waals surface area contributed by atoms with Gasteiger partial charge in [-0.3, -0.25) is 0 Å². The second-order valence-corrected chi connectivity index (χ2v) is 4.61. The molecule has 0 amide bonds. The molecule has 2 aromatic rings. The Balaban J connectivity index is 2.21. The molecule has 102 valence electrons. The minimum Gasteiger partial charge on any atom is -0.409 e. The molecule has 0 aliphatic heterocycles. The first-order valence-electron chi connectivity index (χ1n) is 6.66. The Morgan fingerprint density at radius 3 is 2.95 bits per heavy atom. The predicted octanol–water partition coefficient (Wildman–Crippen LogP) is 2.52. The van der Waals surface area contributed by atoms with Gasteiger partial charge in [-0.2, -0.15) is 0 Å². The van der Waals surface area contributed by atoms with Crippen LogP contribution < -0.4 is 5.73 Å². The van der Waals surface area contributed by atoms with Gasteiger partial charge in [0.15, 0.2) is 0 Å². The van der Waals surface area contributed by atoms with Gasteiger partial charge in [0.05, 0.1) is 11.0 Å². The normalized spacial score (nSPS) is 12.2. The molecular formula is C14H20N4O. The minimum atomic E-state index is 0.279. The van der Waals surface area contributed by atoms with Crippen molar-refractivity contribution in [3.8, 4) is 0 Å². The van der Waals surface area contributed by atoms with Crippen LogP contribution in [0.4, 0.5) is 0 Å². The highest BCUT2D eigenvalue weighted by molar-refractivity contribution is 5.79. The number of aryl methyl sites for hydroxylation is 2. The first kappa shape index (κ1) is 13.4. The molecule has 0 unspecified atom stereocenters. The van der Waals surface area contributed by atoms with E-state index in [9.17, 15) is 0 Å². The van der Waals surface area contributed by atoms with Crippen molar-refractivity contribution in [3.63, 3.8) is 0 Å². The Labute approximate surface area is 112 Å². The minimum absolute atomic E-state index is 0.279. The standard InChI is InChI=1S/C14H20N4O/c1-2-6-14-16-11-7-3-4-8-12(11)18(14)10-5-9-13(15)17-19/h3-4,7-8,19H,2,5-6,9-10H2,1H3,(H2,15,17). The van der Waals surface area contributed by atoms with E-state index in [0.717, 1.165) is 42.7 Å². The van der Waals surface area contributed by atoms with Crippen molar-refractivity contribution in [3.05, 3.63) is 30.1 Å². The fraction of sp³-hybridized carbons (Fsp3) is 0.429. The number of fused-ring (bicyclic) bond motifs is 1. The Morgan fingerprint density at radius 2 is 2.21 bits per heavy atom. The zero-order chi connectivity index (χ0) is 13.7. The van der Waals surface area contributed by atoms with Crippen LogP contribution in [0.5, 0.6) is 0 Å². The van der Waals surface area contributed by atoms with Crippen molar-refractivity contribution in [2.75, 3.05) is 0 Å². The molecule has 3 N–H and O–H groups in total. The average molecular weight is 260 g/mol. The van der Waals surface area contributed by atoms with Crippen LogP contribution in [0.25, 0.3) is 11.0 Å². The summed E-state index contributed by atoms with van der Waals surface area (Å²) in [5, 5.41) is 11.5. The highest BCUT2D eigenvalue weighted by Gasteiger charge is 2.09. The van der Waals surface area contributed by atoms with Gasteiger partial charge in [0.1, 0.15) is 11.7 Å². The molecule has 0 saturated carbocycles. The molecule has 2 rings (SSSR count). The number of para-hydroxylation sites is 2. The van der Waals surface area contributed by atoms with Crippen LogP contribution in [0.2, 0.25) is 0 Å². The van der Waals surface area contributed by atoms with Crippen LogP contribution >= 0.6 is 0 Å². The lowest BCUT2D eigenvalue weighted by Crippen LogP contribution is -2.13. The maximum absolute atomic E-state index is 8.55. The van der Waals surface area contributed by atoms with Gasteiger partial charge in [-0.15, -0.1) is 0 Å². The summed E-state index contributed by atoms with van der Waals surface area (Å²) in [5.41, 5.74) is 7.69. The van der Waals surface area contributed by atoms with Gasteiger partial charge >= 0.3 is 0 Å². The number of oxime groups is 1. The molecule has 0 saturated heterocycles. The molecule has 0 aliphatic rings. The Kier molecular flexibility index (Phi) is 4.39. The summed E-state index contributed by atoms with van der Waals surface area (Å²) < 4.78 is 2.24. The zero-order valence-corrected chi connectivity index (χ0v) is 11.2. The smallest absolute Gasteiger partial charge is 0.139 e. The van der Waals surface area contributed by atoms with Crippen molar-refractivity contribution in [1.29, 1.82) is 0 Å². The van der Waals surface area contributed by atoms with Crippen molar-refractivity contribution in [1.82, 2.24) is 9.55 Å². The predicted molar refractivity (Wildman–Crippen MR) is 76.4 cm³/mol. The largest absolute Gasteiger partial charge is 0.409 e. The van der Waals surface area contributed by atoms with Crippen molar-refractivity contribution in [2.24, 2.45) is 10.9 Å². The van der Waals surface area contributed by atoms with Gasteiger partial charge in [0, 0.05) is 19.4 Å². The third-order valence-electron chi connectivity index (χ3n) is 3.15. The summed E-state index contributed by atoms with van der Waals surface area (Å²) in [6, 6.07) is 8.16. The summed E-state index contributed by atoms with van der Waals surface area (Å²) in [6.07, 6.45) is 3.48. The Hall–Kier alpha value is -2.04. The number of benzene rings is 1. The number of nitrogens with zero attached hydrogens (tertiary/aromatic N) is 3. The van der Waals surface area contributed by atoms with Crippen molar-refractivity contribution >= 4 is 16.9 Å². The number of amidine groups is 1. The Morgan fingerprint density at radius 1 is 1.42 bits per heavy atom. The lowest BCUT2D eigenvalue weighted by molar-refractivity contribution is 0.316. The van der Waals surface area contributed by atoms with Crippen LogP contribution in [-0.4, -0.2) is 20.6 Å². The lowest BCUT2D eigenvalue weighted by Gasteiger charge is -2.08. The maximum Gasteiger partial charge on any atom is 0.139 e. The van der Waals surface area contributed by atoms with E-state index in [1.165, 1.54) is 0 Å². The van der Waals surface area contributed by atoms with Crippen LogP contribution in [0, 0.1) is 0 Å². The molecule has 5 nitrogen and oxygen atoms in total. The van der Waals surface area contributed by atoms with E-state index < -0.39 is 0 Å². The van der Waals surface area contributed by atoms with Crippen LogP contribution in [0.3, 0.4) is 0 Å². The highest BCUT2D eigenvalue weighted by atomic mass is 16.4. The van der Waals surface area contributed by atoms with Gasteiger partial charge < -0.3 is 15.5 Å². The highest BCUT2D eigenvalue weighted by Crippen LogP contribution is 2.18. The molecule has 19 heavy (non-hydrogen) atoms. The topological polar surface area (TPSA) is 76.4 Å². The third-order valence-corrected chi connectivity index (χ3v) is 3.15. The molecule has 0 fully saturated rings. The van der Waals surface area contributed by atoms with Crippen LogP contribution in [0.15, 0.2) is 29.4 Å². The molecule has 0 bridgehead atoms. The van der Waals surface area contributed by atoms with Crippen molar-refractivity contribution < 1.29 is 5.21 Å². The average Bonchev–Trinajstić information content (AvgIpc) is 2.77. The number of aromatic nitrogens is 2. The molecule has 1 aromatic heterocycles. The number of hydrogen-bond acceptors (Lipinski definition) is 3. The van der Waals surface area contributed by atoms with E-state index in [1.54, 1.807) is 0 Å². The lowest BCUT2D eigenvalue weighted by atomic mass is 10.2. The number of rotatable bonds is 6. The summed E-state index contributed by atoms with van der Waals surface area (Å²) in [5.74, 6) is 1.39. The molecule has 0 aliphatic carbocycles. The van der Waals surface area contributed by atoms with E-state index >= 15 is 0 Å². The number of hydrogen-bond donors (Lipinski definition) is 2. The molecule has 0 atom stereocenters. The quantitative estimate of drug-likeness (QED) is 0.362. The van der Waals surface area contributed by atoms with Crippen LogP contribution in [0.1, 0.15) is 32.0 Å². The van der Waals surface area contributed by atoms with E-state index in [4.69, 9.17) is 10.9 Å². The zero-order valence-electron chi connectivity index (χ0n) is 11.2. The van der Waals surface area contributed by atoms with E-state index in [1.807, 2.05) is 18.2 Å². The molecule has 5 heteroatoms. The monoisotopic (exact) mass is 260 g/mol. The molecule has 1 aromatic carbocycles. The van der Waals surface area contributed by atoms with Gasteiger partial charge in [-0.25, -0.2) is 4.98 Å². The fourth-order valence-electron chi connectivity index (χ4n) is 2.26. The maximum atomic E-state index is 8.55.